The van der Waals surface area contributed by atoms with Gasteiger partial charge in [0.2, 0.25) is 0 Å². The van der Waals surface area contributed by atoms with Crippen molar-refractivity contribution in [3.05, 3.63) is 0 Å². The molecule has 0 aliphatic rings. The van der Waals surface area contributed by atoms with E-state index in [2.05, 4.69) is 26.2 Å². The predicted octanol–water partition coefficient (Wildman–Crippen LogP) is 1.29. The number of nitrogens with one attached hydrogen (secondary N) is 1. The van der Waals surface area contributed by atoms with Crippen molar-refractivity contribution in [1.29, 1.82) is 0 Å². The summed E-state index contributed by atoms with van der Waals surface area (Å²) in [6, 6.07) is 0.302. The van der Waals surface area contributed by atoms with E-state index < -0.39 is 0 Å². The van der Waals surface area contributed by atoms with Gasteiger partial charge in [0.15, 0.2) is 0 Å². The van der Waals surface area contributed by atoms with Crippen molar-refractivity contribution in [2.75, 3.05) is 13.2 Å². The maximum absolute atomic E-state index is 5.39. The molecule has 0 fully saturated rings. The van der Waals surface area contributed by atoms with E-state index in [1.54, 1.807) is 0 Å². The van der Waals surface area contributed by atoms with Crippen LogP contribution in [0.1, 0.15) is 33.6 Å². The molecule has 0 amide bonds. The Kier molecular flexibility index (Phi) is 7.45. The SMILES string of the molecule is CCCOCC(CC(C)C)NN. The molecule has 0 aliphatic carbocycles. The Balaban J connectivity index is 3.39. The van der Waals surface area contributed by atoms with Crippen molar-refractivity contribution < 1.29 is 4.74 Å². The summed E-state index contributed by atoms with van der Waals surface area (Å²) in [5.74, 6) is 6.04. The monoisotopic (exact) mass is 174 g/mol. The third kappa shape index (κ3) is 6.58. The zero-order chi connectivity index (χ0) is 9.40. The maximum Gasteiger partial charge on any atom is 0.0633 e. The molecule has 74 valence electrons. The van der Waals surface area contributed by atoms with Gasteiger partial charge in [0.05, 0.1) is 6.61 Å². The highest BCUT2D eigenvalue weighted by atomic mass is 16.5. The van der Waals surface area contributed by atoms with Gasteiger partial charge in [-0.3, -0.25) is 11.3 Å². The van der Waals surface area contributed by atoms with Crippen LogP contribution in [0.4, 0.5) is 0 Å². The fourth-order valence-electron chi connectivity index (χ4n) is 1.12. The number of hydrazine groups is 1. The Morgan fingerprint density at radius 3 is 2.50 bits per heavy atom. The molecule has 0 spiro atoms. The number of hydrogen-bond acceptors (Lipinski definition) is 3. The van der Waals surface area contributed by atoms with Crippen molar-refractivity contribution in [2.45, 2.75) is 39.7 Å². The lowest BCUT2D eigenvalue weighted by Crippen LogP contribution is -2.39. The lowest BCUT2D eigenvalue weighted by Gasteiger charge is -2.17. The van der Waals surface area contributed by atoms with Gasteiger partial charge < -0.3 is 4.74 Å². The predicted molar refractivity (Wildman–Crippen MR) is 51.7 cm³/mol. The van der Waals surface area contributed by atoms with E-state index in [4.69, 9.17) is 10.6 Å². The van der Waals surface area contributed by atoms with Gasteiger partial charge in [0.25, 0.3) is 0 Å². The van der Waals surface area contributed by atoms with Crippen LogP contribution in [0.2, 0.25) is 0 Å². The summed E-state index contributed by atoms with van der Waals surface area (Å²) >= 11 is 0. The van der Waals surface area contributed by atoms with Gasteiger partial charge in [-0.05, 0) is 18.8 Å². The highest BCUT2D eigenvalue weighted by molar-refractivity contribution is 4.64. The van der Waals surface area contributed by atoms with Gasteiger partial charge in [0, 0.05) is 12.6 Å². The second-order valence-corrected chi connectivity index (χ2v) is 3.57. The van der Waals surface area contributed by atoms with E-state index in [1.807, 2.05) is 0 Å². The molecule has 0 saturated carbocycles. The number of ether oxygens (including phenoxy) is 1. The number of rotatable bonds is 7. The minimum absolute atomic E-state index is 0.302. The molecule has 0 aromatic heterocycles. The Hall–Kier alpha value is -0.120. The quantitative estimate of drug-likeness (QED) is 0.347. The van der Waals surface area contributed by atoms with Crippen molar-refractivity contribution in [3.8, 4) is 0 Å². The molecule has 0 heterocycles. The number of hydrogen-bond donors (Lipinski definition) is 2. The molecule has 3 nitrogen and oxygen atoms in total. The van der Waals surface area contributed by atoms with E-state index >= 15 is 0 Å². The first kappa shape index (κ1) is 11.9. The molecular weight excluding hydrogens is 152 g/mol. The minimum Gasteiger partial charge on any atom is -0.380 e. The molecule has 1 unspecified atom stereocenters. The molecule has 3 heteroatoms. The molecule has 3 N–H and O–H groups in total. The first-order chi connectivity index (χ1) is 5.70. The Morgan fingerprint density at radius 1 is 1.42 bits per heavy atom. The van der Waals surface area contributed by atoms with Crippen LogP contribution in [0.3, 0.4) is 0 Å². The summed E-state index contributed by atoms with van der Waals surface area (Å²) in [7, 11) is 0. The molecule has 0 aromatic rings. The summed E-state index contributed by atoms with van der Waals surface area (Å²) in [5, 5.41) is 0. The largest absolute Gasteiger partial charge is 0.380 e. The summed E-state index contributed by atoms with van der Waals surface area (Å²) in [5.41, 5.74) is 2.77. The second-order valence-electron chi connectivity index (χ2n) is 3.57. The average Bonchev–Trinajstić information content (AvgIpc) is 2.02. The van der Waals surface area contributed by atoms with Gasteiger partial charge in [-0.1, -0.05) is 20.8 Å². The lowest BCUT2D eigenvalue weighted by atomic mass is 10.1. The molecule has 0 radical (unpaired) electrons. The van der Waals surface area contributed by atoms with Crippen LogP contribution >= 0.6 is 0 Å². The van der Waals surface area contributed by atoms with Crippen LogP contribution in [-0.2, 0) is 4.74 Å². The van der Waals surface area contributed by atoms with Gasteiger partial charge in [-0.2, -0.15) is 0 Å². The van der Waals surface area contributed by atoms with Crippen molar-refractivity contribution in [3.63, 3.8) is 0 Å². The third-order valence-electron chi connectivity index (χ3n) is 1.66. The second kappa shape index (κ2) is 7.53. The van der Waals surface area contributed by atoms with Crippen LogP contribution in [0.15, 0.2) is 0 Å². The molecule has 0 saturated heterocycles. The standard InChI is InChI=1S/C9H22N2O/c1-4-5-12-7-9(11-10)6-8(2)3/h8-9,11H,4-7,10H2,1-3H3. The summed E-state index contributed by atoms with van der Waals surface area (Å²) < 4.78 is 5.39. The van der Waals surface area contributed by atoms with Crippen molar-refractivity contribution in [1.82, 2.24) is 5.43 Å². The highest BCUT2D eigenvalue weighted by Crippen LogP contribution is 2.04. The maximum atomic E-state index is 5.39. The van der Waals surface area contributed by atoms with E-state index in [9.17, 15) is 0 Å². The van der Waals surface area contributed by atoms with Crippen LogP contribution in [-0.4, -0.2) is 19.3 Å². The Labute approximate surface area is 75.6 Å². The van der Waals surface area contributed by atoms with Crippen LogP contribution in [0.5, 0.6) is 0 Å². The minimum atomic E-state index is 0.302. The smallest absolute Gasteiger partial charge is 0.0633 e. The third-order valence-corrected chi connectivity index (χ3v) is 1.66. The van der Waals surface area contributed by atoms with Crippen LogP contribution in [0.25, 0.3) is 0 Å². The molecule has 0 aliphatic heterocycles. The first-order valence-corrected chi connectivity index (χ1v) is 4.74. The molecular formula is C9H22N2O. The topological polar surface area (TPSA) is 47.3 Å². The van der Waals surface area contributed by atoms with Gasteiger partial charge in [-0.15, -0.1) is 0 Å². The molecule has 0 aromatic carbocycles. The zero-order valence-corrected chi connectivity index (χ0v) is 8.47. The molecule has 12 heavy (non-hydrogen) atoms. The summed E-state index contributed by atoms with van der Waals surface area (Å²) in [6.07, 6.45) is 2.14. The van der Waals surface area contributed by atoms with Crippen molar-refractivity contribution >= 4 is 0 Å². The summed E-state index contributed by atoms with van der Waals surface area (Å²) in [6.45, 7) is 8.03. The van der Waals surface area contributed by atoms with E-state index in [0.717, 1.165) is 26.1 Å². The fraction of sp³-hybridized carbons (Fsp3) is 1.00. The van der Waals surface area contributed by atoms with Gasteiger partial charge in [-0.25, -0.2) is 0 Å². The fourth-order valence-corrected chi connectivity index (χ4v) is 1.12. The van der Waals surface area contributed by atoms with Gasteiger partial charge >= 0.3 is 0 Å². The Morgan fingerprint density at radius 2 is 2.08 bits per heavy atom. The van der Waals surface area contributed by atoms with E-state index in [-0.39, 0.29) is 0 Å². The van der Waals surface area contributed by atoms with E-state index in [1.165, 1.54) is 0 Å². The summed E-state index contributed by atoms with van der Waals surface area (Å²) in [4.78, 5) is 0. The first-order valence-electron chi connectivity index (χ1n) is 4.74. The lowest BCUT2D eigenvalue weighted by molar-refractivity contribution is 0.105. The number of nitrogens with two attached hydrogens (primary N) is 1. The normalized spacial score (nSPS) is 13.8. The highest BCUT2D eigenvalue weighted by Gasteiger charge is 2.08. The van der Waals surface area contributed by atoms with E-state index in [0.29, 0.717) is 12.0 Å². The van der Waals surface area contributed by atoms with Crippen LogP contribution < -0.4 is 11.3 Å². The molecule has 1 atom stereocenters. The van der Waals surface area contributed by atoms with Crippen LogP contribution in [0, 0.1) is 5.92 Å². The zero-order valence-electron chi connectivity index (χ0n) is 8.47. The molecule has 0 rings (SSSR count). The average molecular weight is 174 g/mol. The van der Waals surface area contributed by atoms with Crippen molar-refractivity contribution in [2.24, 2.45) is 11.8 Å². The Bertz CT molecular complexity index is 96.5. The van der Waals surface area contributed by atoms with Gasteiger partial charge in [0.1, 0.15) is 0 Å². The molecule has 0 bridgehead atoms.